The molecule has 0 bridgehead atoms. The van der Waals surface area contributed by atoms with Crippen LogP contribution < -0.4 is 10.5 Å². The molecule has 1 aromatic rings. The number of fused-ring (bicyclic) bond motifs is 1. The van der Waals surface area contributed by atoms with Crippen LogP contribution in [0, 0.1) is 0 Å². The van der Waals surface area contributed by atoms with Crippen LogP contribution in [0.1, 0.15) is 24.1 Å². The van der Waals surface area contributed by atoms with Gasteiger partial charge < -0.3 is 15.2 Å². The summed E-state index contributed by atoms with van der Waals surface area (Å²) in [5.41, 5.74) is 8.32. The minimum absolute atomic E-state index is 0.0235. The SMILES string of the molecule is COc1ccc2c(c1)CO[C@H](C)[C@H]2N. The Kier molecular flexibility index (Phi) is 2.44. The Bertz CT molecular complexity index is 338. The van der Waals surface area contributed by atoms with Gasteiger partial charge in [0.15, 0.2) is 0 Å². The van der Waals surface area contributed by atoms with Crippen molar-refractivity contribution >= 4 is 0 Å². The zero-order valence-corrected chi connectivity index (χ0v) is 8.49. The second kappa shape index (κ2) is 3.59. The number of nitrogens with two attached hydrogens (primary N) is 1. The van der Waals surface area contributed by atoms with E-state index in [4.69, 9.17) is 15.2 Å². The highest BCUT2D eigenvalue weighted by molar-refractivity contribution is 5.38. The van der Waals surface area contributed by atoms with Crippen LogP contribution in [0.2, 0.25) is 0 Å². The van der Waals surface area contributed by atoms with Gasteiger partial charge in [-0.05, 0) is 30.2 Å². The van der Waals surface area contributed by atoms with E-state index in [1.165, 1.54) is 5.56 Å². The summed E-state index contributed by atoms with van der Waals surface area (Å²) in [5, 5.41) is 0. The van der Waals surface area contributed by atoms with Gasteiger partial charge in [0.05, 0.1) is 25.9 Å². The normalized spacial score (nSPS) is 25.6. The van der Waals surface area contributed by atoms with E-state index in [1.54, 1.807) is 7.11 Å². The lowest BCUT2D eigenvalue weighted by Gasteiger charge is -2.28. The molecule has 0 aliphatic carbocycles. The summed E-state index contributed by atoms with van der Waals surface area (Å²) in [5.74, 6) is 0.856. The number of ether oxygens (including phenoxy) is 2. The van der Waals surface area contributed by atoms with Crippen LogP contribution in [0.5, 0.6) is 5.75 Å². The van der Waals surface area contributed by atoms with Gasteiger partial charge in [-0.1, -0.05) is 6.07 Å². The largest absolute Gasteiger partial charge is 0.497 e. The Morgan fingerprint density at radius 1 is 1.50 bits per heavy atom. The van der Waals surface area contributed by atoms with E-state index in [2.05, 4.69) is 0 Å². The minimum Gasteiger partial charge on any atom is -0.497 e. The maximum absolute atomic E-state index is 6.02. The lowest BCUT2D eigenvalue weighted by Crippen LogP contribution is -2.31. The average molecular weight is 193 g/mol. The first kappa shape index (κ1) is 9.49. The first-order valence-electron chi connectivity index (χ1n) is 4.76. The summed E-state index contributed by atoms with van der Waals surface area (Å²) in [4.78, 5) is 0. The van der Waals surface area contributed by atoms with Gasteiger partial charge in [-0.3, -0.25) is 0 Å². The Morgan fingerprint density at radius 3 is 3.00 bits per heavy atom. The molecule has 0 fully saturated rings. The standard InChI is InChI=1S/C11H15NO2/c1-7-11(12)10-4-3-9(13-2)5-8(10)6-14-7/h3-5,7,11H,6,12H2,1-2H3/t7-,11-/m1/s1. The lowest BCUT2D eigenvalue weighted by molar-refractivity contribution is 0.0212. The van der Waals surface area contributed by atoms with Crippen molar-refractivity contribution in [2.24, 2.45) is 5.73 Å². The summed E-state index contributed by atoms with van der Waals surface area (Å²) in [6, 6.07) is 5.93. The van der Waals surface area contributed by atoms with Crippen LogP contribution in [0.25, 0.3) is 0 Å². The van der Waals surface area contributed by atoms with Crippen molar-refractivity contribution in [2.75, 3.05) is 7.11 Å². The van der Waals surface area contributed by atoms with E-state index in [-0.39, 0.29) is 12.1 Å². The summed E-state index contributed by atoms with van der Waals surface area (Å²) in [7, 11) is 1.66. The Hall–Kier alpha value is -1.06. The minimum atomic E-state index is -0.0235. The predicted octanol–water partition coefficient (Wildman–Crippen LogP) is 1.61. The van der Waals surface area contributed by atoms with Crippen molar-refractivity contribution in [2.45, 2.75) is 25.7 Å². The maximum atomic E-state index is 6.02. The molecule has 2 rings (SSSR count). The van der Waals surface area contributed by atoms with Gasteiger partial charge in [-0.2, -0.15) is 0 Å². The molecular formula is C11H15NO2. The Labute approximate surface area is 83.8 Å². The molecule has 0 aromatic heterocycles. The zero-order valence-electron chi connectivity index (χ0n) is 8.49. The Balaban J connectivity index is 2.38. The molecule has 0 saturated heterocycles. The highest BCUT2D eigenvalue weighted by Crippen LogP contribution is 2.30. The smallest absolute Gasteiger partial charge is 0.119 e. The first-order valence-corrected chi connectivity index (χ1v) is 4.76. The van der Waals surface area contributed by atoms with Gasteiger partial charge in [-0.15, -0.1) is 0 Å². The van der Waals surface area contributed by atoms with E-state index in [0.717, 1.165) is 11.3 Å². The van der Waals surface area contributed by atoms with Gasteiger partial charge >= 0.3 is 0 Å². The number of rotatable bonds is 1. The second-order valence-electron chi connectivity index (χ2n) is 3.61. The second-order valence-corrected chi connectivity index (χ2v) is 3.61. The highest BCUT2D eigenvalue weighted by atomic mass is 16.5. The molecule has 1 heterocycles. The van der Waals surface area contributed by atoms with Crippen LogP contribution in [0.4, 0.5) is 0 Å². The van der Waals surface area contributed by atoms with Crippen molar-refractivity contribution < 1.29 is 9.47 Å². The van der Waals surface area contributed by atoms with Crippen molar-refractivity contribution in [3.8, 4) is 5.75 Å². The van der Waals surface area contributed by atoms with Crippen molar-refractivity contribution in [1.82, 2.24) is 0 Å². The van der Waals surface area contributed by atoms with E-state index in [9.17, 15) is 0 Å². The summed E-state index contributed by atoms with van der Waals surface area (Å²) >= 11 is 0. The quantitative estimate of drug-likeness (QED) is 0.737. The predicted molar refractivity (Wildman–Crippen MR) is 54.2 cm³/mol. The molecule has 76 valence electrons. The molecular weight excluding hydrogens is 178 g/mol. The van der Waals surface area contributed by atoms with Gasteiger partial charge in [-0.25, -0.2) is 0 Å². The van der Waals surface area contributed by atoms with Crippen LogP contribution in [0.3, 0.4) is 0 Å². The molecule has 0 radical (unpaired) electrons. The zero-order chi connectivity index (χ0) is 10.1. The topological polar surface area (TPSA) is 44.5 Å². The van der Waals surface area contributed by atoms with E-state index in [1.807, 2.05) is 25.1 Å². The molecule has 3 heteroatoms. The molecule has 0 unspecified atom stereocenters. The van der Waals surface area contributed by atoms with Crippen LogP contribution in [-0.2, 0) is 11.3 Å². The van der Waals surface area contributed by atoms with Crippen LogP contribution in [-0.4, -0.2) is 13.2 Å². The highest BCUT2D eigenvalue weighted by Gasteiger charge is 2.23. The van der Waals surface area contributed by atoms with Gasteiger partial charge in [0.25, 0.3) is 0 Å². The summed E-state index contributed by atoms with van der Waals surface area (Å²) < 4.78 is 10.7. The van der Waals surface area contributed by atoms with Crippen molar-refractivity contribution in [1.29, 1.82) is 0 Å². The summed E-state index contributed by atoms with van der Waals surface area (Å²) in [6.07, 6.45) is 0.0934. The molecule has 1 aliphatic heterocycles. The molecule has 14 heavy (non-hydrogen) atoms. The third-order valence-electron chi connectivity index (χ3n) is 2.72. The Morgan fingerprint density at radius 2 is 2.29 bits per heavy atom. The van der Waals surface area contributed by atoms with Crippen molar-refractivity contribution in [3.63, 3.8) is 0 Å². The van der Waals surface area contributed by atoms with E-state index >= 15 is 0 Å². The van der Waals surface area contributed by atoms with E-state index in [0.29, 0.717) is 6.61 Å². The average Bonchev–Trinajstić information content (AvgIpc) is 2.23. The molecule has 3 nitrogen and oxygen atoms in total. The lowest BCUT2D eigenvalue weighted by atomic mass is 9.95. The molecule has 1 aliphatic rings. The summed E-state index contributed by atoms with van der Waals surface area (Å²) in [6.45, 7) is 2.62. The molecule has 0 amide bonds. The van der Waals surface area contributed by atoms with Crippen molar-refractivity contribution in [3.05, 3.63) is 29.3 Å². The van der Waals surface area contributed by atoms with E-state index < -0.39 is 0 Å². The number of hydrogen-bond donors (Lipinski definition) is 1. The molecule has 0 saturated carbocycles. The fraction of sp³-hybridized carbons (Fsp3) is 0.455. The number of hydrogen-bond acceptors (Lipinski definition) is 3. The third kappa shape index (κ3) is 1.49. The third-order valence-corrected chi connectivity index (χ3v) is 2.72. The van der Waals surface area contributed by atoms with Gasteiger partial charge in [0.2, 0.25) is 0 Å². The number of methoxy groups -OCH3 is 1. The first-order chi connectivity index (χ1) is 6.72. The maximum Gasteiger partial charge on any atom is 0.119 e. The van der Waals surface area contributed by atoms with Gasteiger partial charge in [0.1, 0.15) is 5.75 Å². The molecule has 2 atom stereocenters. The van der Waals surface area contributed by atoms with Crippen LogP contribution >= 0.6 is 0 Å². The van der Waals surface area contributed by atoms with Gasteiger partial charge in [0, 0.05) is 0 Å². The molecule has 1 aromatic carbocycles. The molecule has 0 spiro atoms. The fourth-order valence-corrected chi connectivity index (χ4v) is 1.74. The molecule has 2 N–H and O–H groups in total. The van der Waals surface area contributed by atoms with Crippen LogP contribution in [0.15, 0.2) is 18.2 Å². The fourth-order valence-electron chi connectivity index (χ4n) is 1.74. The monoisotopic (exact) mass is 193 g/mol. The number of benzene rings is 1.